The van der Waals surface area contributed by atoms with E-state index in [1.54, 1.807) is 7.05 Å². The number of hydrogen-bond donors (Lipinski definition) is 0. The smallest absolute Gasteiger partial charge is 0.167 e. The predicted molar refractivity (Wildman–Crippen MR) is 45.7 cm³/mol. The van der Waals surface area contributed by atoms with Crippen molar-refractivity contribution in [1.29, 1.82) is 0 Å². The number of rotatable bonds is 1. The van der Waals surface area contributed by atoms with Gasteiger partial charge in [0.2, 0.25) is 5.82 Å². The summed E-state index contributed by atoms with van der Waals surface area (Å²) in [6.45, 7) is 0. The lowest BCUT2D eigenvalue weighted by Gasteiger charge is -1.89. The summed E-state index contributed by atoms with van der Waals surface area (Å²) >= 11 is 5.90. The molecule has 1 aliphatic carbocycles. The maximum atomic E-state index is 5.90. The van der Waals surface area contributed by atoms with E-state index in [9.17, 15) is 0 Å². The van der Waals surface area contributed by atoms with E-state index in [0.29, 0.717) is 5.82 Å². The molecule has 64 valence electrons. The van der Waals surface area contributed by atoms with Crippen LogP contribution in [0, 0.1) is 0 Å². The molecule has 0 fully saturated rings. The second kappa shape index (κ2) is 2.86. The lowest BCUT2D eigenvalue weighted by molar-refractivity contribution is 0.629. The number of halogens is 1. The molecule has 1 aromatic rings. The molecule has 12 heavy (non-hydrogen) atoms. The average molecular weight is 185 g/mol. The molecule has 0 aromatic carbocycles. The van der Waals surface area contributed by atoms with Gasteiger partial charge in [-0.2, -0.15) is 4.80 Å². The Balaban J connectivity index is 2.26. The van der Waals surface area contributed by atoms with Crippen LogP contribution in [0.4, 0.5) is 0 Å². The lowest BCUT2D eigenvalue weighted by atomic mass is 10.2. The molecule has 0 bridgehead atoms. The van der Waals surface area contributed by atoms with E-state index < -0.39 is 0 Å². The van der Waals surface area contributed by atoms with Gasteiger partial charge in [0.1, 0.15) is 0 Å². The number of alkyl halides is 1. The van der Waals surface area contributed by atoms with E-state index in [1.165, 1.54) is 4.80 Å². The minimum absolute atomic E-state index is 0.142. The first kappa shape index (κ1) is 7.73. The monoisotopic (exact) mass is 184 g/mol. The molecule has 2 rings (SSSR count). The van der Waals surface area contributed by atoms with Gasteiger partial charge < -0.3 is 0 Å². The number of aryl methyl sites for hydroxylation is 1. The summed E-state index contributed by atoms with van der Waals surface area (Å²) < 4.78 is 0. The largest absolute Gasteiger partial charge is 0.200 e. The van der Waals surface area contributed by atoms with Crippen molar-refractivity contribution in [2.45, 2.75) is 18.2 Å². The van der Waals surface area contributed by atoms with Crippen LogP contribution in [0.15, 0.2) is 6.08 Å². The average Bonchev–Trinajstić information content (AvgIpc) is 2.58. The third-order valence-electron chi connectivity index (χ3n) is 1.87. The van der Waals surface area contributed by atoms with Crippen molar-refractivity contribution in [2.75, 3.05) is 0 Å². The first-order chi connectivity index (χ1) is 5.75. The SMILES string of the molecule is Cn1nnc(C2=CC(Cl)CC2)n1. The topological polar surface area (TPSA) is 43.6 Å². The molecule has 0 radical (unpaired) electrons. The first-order valence-electron chi connectivity index (χ1n) is 3.85. The predicted octanol–water partition coefficient (Wildman–Crippen LogP) is 0.995. The minimum atomic E-state index is 0.142. The standard InChI is InChI=1S/C7H9ClN4/c1-12-10-7(9-11-12)5-2-3-6(8)4-5/h4,6H,2-3H2,1H3. The molecule has 0 amide bonds. The Labute approximate surface area is 75.2 Å². The van der Waals surface area contributed by atoms with Crippen LogP contribution in [0.2, 0.25) is 0 Å². The van der Waals surface area contributed by atoms with Crippen LogP contribution in [-0.2, 0) is 7.05 Å². The molecule has 0 saturated heterocycles. The quantitative estimate of drug-likeness (QED) is 0.612. The van der Waals surface area contributed by atoms with Gasteiger partial charge in [0.25, 0.3) is 0 Å². The zero-order chi connectivity index (χ0) is 8.55. The second-order valence-electron chi connectivity index (χ2n) is 2.85. The van der Waals surface area contributed by atoms with Crippen molar-refractivity contribution < 1.29 is 0 Å². The molecular formula is C7H9ClN4. The van der Waals surface area contributed by atoms with Crippen molar-refractivity contribution in [3.05, 3.63) is 11.9 Å². The maximum absolute atomic E-state index is 5.90. The lowest BCUT2D eigenvalue weighted by Crippen LogP contribution is -1.92. The third kappa shape index (κ3) is 1.34. The van der Waals surface area contributed by atoms with E-state index >= 15 is 0 Å². The van der Waals surface area contributed by atoms with Crippen molar-refractivity contribution in [2.24, 2.45) is 7.05 Å². The third-order valence-corrected chi connectivity index (χ3v) is 2.21. The van der Waals surface area contributed by atoms with Gasteiger partial charge >= 0.3 is 0 Å². The van der Waals surface area contributed by atoms with E-state index in [1.807, 2.05) is 6.08 Å². The van der Waals surface area contributed by atoms with Crippen molar-refractivity contribution in [3.63, 3.8) is 0 Å². The zero-order valence-corrected chi connectivity index (χ0v) is 7.49. The van der Waals surface area contributed by atoms with Crippen molar-refractivity contribution >= 4 is 17.2 Å². The highest BCUT2D eigenvalue weighted by Gasteiger charge is 2.17. The van der Waals surface area contributed by atoms with Crippen molar-refractivity contribution in [1.82, 2.24) is 20.2 Å². The fourth-order valence-electron chi connectivity index (χ4n) is 1.28. The Bertz CT molecular complexity index is 317. The molecule has 0 saturated carbocycles. The van der Waals surface area contributed by atoms with Gasteiger partial charge in [-0.05, 0) is 23.6 Å². The van der Waals surface area contributed by atoms with Crippen LogP contribution in [0.25, 0.3) is 5.57 Å². The molecule has 1 aliphatic rings. The van der Waals surface area contributed by atoms with E-state index in [-0.39, 0.29) is 5.38 Å². The summed E-state index contributed by atoms with van der Waals surface area (Å²) in [5.74, 6) is 0.709. The van der Waals surface area contributed by atoms with Crippen LogP contribution in [0.3, 0.4) is 0 Å². The van der Waals surface area contributed by atoms with Gasteiger partial charge in [0.15, 0.2) is 0 Å². The molecule has 1 heterocycles. The molecule has 5 heteroatoms. The molecule has 4 nitrogen and oxygen atoms in total. The van der Waals surface area contributed by atoms with Gasteiger partial charge in [0, 0.05) is 0 Å². The summed E-state index contributed by atoms with van der Waals surface area (Å²) in [5, 5.41) is 11.9. The molecule has 0 spiro atoms. The van der Waals surface area contributed by atoms with Crippen LogP contribution in [0.5, 0.6) is 0 Å². The van der Waals surface area contributed by atoms with Crippen LogP contribution < -0.4 is 0 Å². The zero-order valence-electron chi connectivity index (χ0n) is 6.74. The Morgan fingerprint density at radius 3 is 3.00 bits per heavy atom. The molecule has 0 aliphatic heterocycles. The Hall–Kier alpha value is -0.900. The Kier molecular flexibility index (Phi) is 1.84. The fraction of sp³-hybridized carbons (Fsp3) is 0.571. The highest BCUT2D eigenvalue weighted by atomic mass is 35.5. The number of nitrogens with zero attached hydrogens (tertiary/aromatic N) is 4. The number of hydrogen-bond acceptors (Lipinski definition) is 3. The van der Waals surface area contributed by atoms with Crippen molar-refractivity contribution in [3.8, 4) is 0 Å². The Morgan fingerprint density at radius 2 is 2.50 bits per heavy atom. The van der Waals surface area contributed by atoms with Crippen LogP contribution in [0.1, 0.15) is 18.7 Å². The normalized spacial score (nSPS) is 22.8. The van der Waals surface area contributed by atoms with E-state index in [4.69, 9.17) is 11.6 Å². The van der Waals surface area contributed by atoms with Gasteiger partial charge in [-0.3, -0.25) is 0 Å². The fourth-order valence-corrected chi connectivity index (χ4v) is 1.54. The Morgan fingerprint density at radius 1 is 1.67 bits per heavy atom. The second-order valence-corrected chi connectivity index (χ2v) is 3.41. The molecule has 0 N–H and O–H groups in total. The summed E-state index contributed by atoms with van der Waals surface area (Å²) in [4.78, 5) is 1.46. The highest BCUT2D eigenvalue weighted by Crippen LogP contribution is 2.27. The van der Waals surface area contributed by atoms with Gasteiger partial charge in [0.05, 0.1) is 12.4 Å². The summed E-state index contributed by atoms with van der Waals surface area (Å²) in [5.41, 5.74) is 1.11. The first-order valence-corrected chi connectivity index (χ1v) is 4.28. The summed E-state index contributed by atoms with van der Waals surface area (Å²) in [6, 6.07) is 0. The van der Waals surface area contributed by atoms with Crippen LogP contribution in [-0.4, -0.2) is 25.6 Å². The van der Waals surface area contributed by atoms with E-state index in [0.717, 1.165) is 18.4 Å². The van der Waals surface area contributed by atoms with Gasteiger partial charge in [-0.25, -0.2) is 0 Å². The number of aromatic nitrogens is 4. The summed E-state index contributed by atoms with van der Waals surface area (Å²) in [6.07, 6.45) is 3.94. The van der Waals surface area contributed by atoms with Gasteiger partial charge in [-0.1, -0.05) is 6.08 Å². The number of tetrazole rings is 1. The molecule has 1 atom stereocenters. The maximum Gasteiger partial charge on any atom is 0.200 e. The molecule has 1 aromatic heterocycles. The van der Waals surface area contributed by atoms with Crippen LogP contribution >= 0.6 is 11.6 Å². The van der Waals surface area contributed by atoms with Gasteiger partial charge in [-0.15, -0.1) is 21.8 Å². The molecule has 1 unspecified atom stereocenters. The molecular weight excluding hydrogens is 176 g/mol. The highest BCUT2D eigenvalue weighted by molar-refractivity contribution is 6.22. The summed E-state index contributed by atoms with van der Waals surface area (Å²) in [7, 11) is 1.75. The number of allylic oxidation sites excluding steroid dienone is 2. The minimum Gasteiger partial charge on any atom is -0.167 e. The van der Waals surface area contributed by atoms with E-state index in [2.05, 4.69) is 15.4 Å².